The normalized spacial score (nSPS) is 7.60. The van der Waals surface area contributed by atoms with Crippen molar-refractivity contribution in [3.63, 3.8) is 0 Å². The molecule has 3 heteroatoms. The zero-order valence-electron chi connectivity index (χ0n) is 23.0. The molecule has 0 saturated heterocycles. The quantitative estimate of drug-likeness (QED) is 0.309. The van der Waals surface area contributed by atoms with Gasteiger partial charge in [0.25, 0.3) is 0 Å². The third-order valence-corrected chi connectivity index (χ3v) is 3.80. The first-order chi connectivity index (χ1) is 16.8. The van der Waals surface area contributed by atoms with Gasteiger partial charge in [-0.05, 0) is 69.5 Å². The van der Waals surface area contributed by atoms with Crippen LogP contribution in [0.4, 0.5) is 0 Å². The molecule has 0 atom stereocenters. The van der Waals surface area contributed by atoms with Crippen LogP contribution in [0.2, 0.25) is 0 Å². The Bertz CT molecular complexity index is 955. The first-order valence-corrected chi connectivity index (χ1v) is 11.8. The molecule has 3 rings (SSSR count). The first-order valence-electron chi connectivity index (χ1n) is 11.8. The lowest BCUT2D eigenvalue weighted by Gasteiger charge is -1.90. The summed E-state index contributed by atoms with van der Waals surface area (Å²) in [5.74, 6) is 0. The predicted octanol–water partition coefficient (Wildman–Crippen LogP) is 9.23. The lowest BCUT2D eigenvalue weighted by molar-refractivity contribution is 1.39. The molecule has 35 heavy (non-hydrogen) atoms. The summed E-state index contributed by atoms with van der Waals surface area (Å²) in [5, 5.41) is 25.4. The highest BCUT2D eigenvalue weighted by Crippen LogP contribution is 2.04. The van der Waals surface area contributed by atoms with Crippen LogP contribution in [-0.2, 0) is 0 Å². The molecule has 3 aromatic rings. The number of nitrogens with zero attached hydrogens (tertiary/aromatic N) is 3. The molecule has 0 heterocycles. The molecule has 184 valence electrons. The summed E-state index contributed by atoms with van der Waals surface area (Å²) in [5.41, 5.74) is 6.58. The van der Waals surface area contributed by atoms with Crippen molar-refractivity contribution in [2.75, 3.05) is 0 Å². The zero-order valence-corrected chi connectivity index (χ0v) is 23.0. The molecule has 0 aliphatic rings. The Kier molecular flexibility index (Phi) is 24.8. The Morgan fingerprint density at radius 2 is 0.686 bits per heavy atom. The minimum Gasteiger partial charge on any atom is -0.192 e. The van der Waals surface area contributed by atoms with Gasteiger partial charge in [0, 0.05) is 0 Å². The van der Waals surface area contributed by atoms with Crippen LogP contribution in [0.3, 0.4) is 0 Å². The number of rotatable bonds is 0. The molecular formula is C32H41N3. The number of hydrogen-bond acceptors (Lipinski definition) is 3. The Morgan fingerprint density at radius 3 is 0.800 bits per heavy atom. The van der Waals surface area contributed by atoms with Gasteiger partial charge in [-0.1, -0.05) is 87.9 Å². The van der Waals surface area contributed by atoms with Crippen LogP contribution in [0, 0.1) is 54.8 Å². The largest absolute Gasteiger partial charge is 0.192 e. The smallest absolute Gasteiger partial charge is 0.0994 e. The molecule has 0 aromatic heterocycles. The van der Waals surface area contributed by atoms with E-state index >= 15 is 0 Å². The summed E-state index contributed by atoms with van der Waals surface area (Å²) in [6.45, 7) is 21.3. The number of nitriles is 3. The second kappa shape index (κ2) is 24.5. The molecule has 3 aromatic carbocycles. The van der Waals surface area contributed by atoms with E-state index in [-0.39, 0.29) is 0 Å². The lowest BCUT2D eigenvalue weighted by atomic mass is 10.1. The van der Waals surface area contributed by atoms with Crippen molar-refractivity contribution in [2.24, 2.45) is 0 Å². The van der Waals surface area contributed by atoms with Crippen LogP contribution in [0.5, 0.6) is 0 Å². The number of hydrogen-bond donors (Lipinski definition) is 0. The fourth-order valence-corrected chi connectivity index (χ4v) is 2.10. The number of benzene rings is 3. The fourth-order valence-electron chi connectivity index (χ4n) is 2.10. The fraction of sp³-hybridized carbons (Fsp3) is 0.281. The van der Waals surface area contributed by atoms with Gasteiger partial charge >= 0.3 is 0 Å². The summed E-state index contributed by atoms with van der Waals surface area (Å²) in [7, 11) is 0. The van der Waals surface area contributed by atoms with Gasteiger partial charge in [0.2, 0.25) is 0 Å². The number of allylic oxidation sites excluding steroid dienone is 1. The monoisotopic (exact) mass is 467 g/mol. The molecule has 0 spiro atoms. The van der Waals surface area contributed by atoms with E-state index < -0.39 is 0 Å². The van der Waals surface area contributed by atoms with Crippen LogP contribution in [0.1, 0.15) is 74.9 Å². The molecular weight excluding hydrogens is 426 g/mol. The summed E-state index contributed by atoms with van der Waals surface area (Å²) < 4.78 is 0. The Hall–Kier alpha value is -4.13. The van der Waals surface area contributed by atoms with E-state index in [0.29, 0.717) is 0 Å². The highest BCUT2D eigenvalue weighted by atomic mass is 14.2. The molecule has 0 aliphatic heterocycles. The summed E-state index contributed by atoms with van der Waals surface area (Å²) >= 11 is 0. The van der Waals surface area contributed by atoms with Crippen LogP contribution in [0.25, 0.3) is 0 Å². The first kappa shape index (κ1) is 35.5. The van der Waals surface area contributed by atoms with E-state index in [1.54, 1.807) is 0 Å². The predicted molar refractivity (Wildman–Crippen MR) is 151 cm³/mol. The van der Waals surface area contributed by atoms with Gasteiger partial charge in [-0.25, -0.2) is 0 Å². The van der Waals surface area contributed by atoms with Crippen LogP contribution < -0.4 is 0 Å². The van der Waals surface area contributed by atoms with E-state index in [4.69, 9.17) is 15.8 Å². The molecule has 3 nitrogen and oxygen atoms in total. The molecule has 0 fully saturated rings. The topological polar surface area (TPSA) is 71.4 Å². The van der Waals surface area contributed by atoms with Crippen LogP contribution in [0.15, 0.2) is 84.9 Å². The van der Waals surface area contributed by atoms with Crippen molar-refractivity contribution in [3.8, 4) is 18.2 Å². The Labute approximate surface area is 214 Å². The summed E-state index contributed by atoms with van der Waals surface area (Å²) in [6.07, 6.45) is 0. The lowest BCUT2D eigenvalue weighted by Crippen LogP contribution is -1.77. The van der Waals surface area contributed by atoms with E-state index in [0.717, 1.165) is 33.4 Å². The van der Waals surface area contributed by atoms with Crippen molar-refractivity contribution in [2.45, 2.75) is 62.3 Å². The molecule has 0 aliphatic carbocycles. The van der Waals surface area contributed by atoms with Crippen molar-refractivity contribution in [1.82, 2.24) is 0 Å². The third-order valence-electron chi connectivity index (χ3n) is 3.80. The maximum absolute atomic E-state index is 8.47. The average Bonchev–Trinajstić information content (AvgIpc) is 2.88. The molecule has 0 N–H and O–H groups in total. The standard InChI is InChI=1S/3C8H7N.C4H8.2C2H6/c3*1-7-4-2-3-5-8(7)6-9;1-4(2)3;2*1-2/h3*2-5H,1H3;1H2,2-3H3;2*1-2H3. The summed E-state index contributed by atoms with van der Waals surface area (Å²) in [6, 6.07) is 28.9. The minimum atomic E-state index is 0.762. The SMILES string of the molecule is C=C(C)C.CC.CC.Cc1ccccc1C#N.Cc1ccccc1C#N.Cc1ccccc1C#N. The van der Waals surface area contributed by atoms with Crippen molar-refractivity contribution in [1.29, 1.82) is 15.8 Å². The van der Waals surface area contributed by atoms with E-state index in [1.807, 2.05) is 135 Å². The highest BCUT2D eigenvalue weighted by molar-refractivity contribution is 5.37. The maximum Gasteiger partial charge on any atom is 0.0994 e. The van der Waals surface area contributed by atoms with Crippen molar-refractivity contribution >= 4 is 0 Å². The van der Waals surface area contributed by atoms with Crippen molar-refractivity contribution < 1.29 is 0 Å². The van der Waals surface area contributed by atoms with E-state index in [1.165, 1.54) is 5.57 Å². The highest BCUT2D eigenvalue weighted by Gasteiger charge is 1.91. The van der Waals surface area contributed by atoms with Gasteiger partial charge in [0.05, 0.1) is 34.9 Å². The minimum absolute atomic E-state index is 0.762. The van der Waals surface area contributed by atoms with Gasteiger partial charge in [0.1, 0.15) is 0 Å². The van der Waals surface area contributed by atoms with E-state index in [2.05, 4.69) is 24.8 Å². The third kappa shape index (κ3) is 19.1. The molecule has 0 unspecified atom stereocenters. The Morgan fingerprint density at radius 1 is 0.514 bits per heavy atom. The van der Waals surface area contributed by atoms with Gasteiger partial charge in [0.15, 0.2) is 0 Å². The molecule has 0 bridgehead atoms. The van der Waals surface area contributed by atoms with Gasteiger partial charge in [-0.15, -0.1) is 6.58 Å². The van der Waals surface area contributed by atoms with E-state index in [9.17, 15) is 0 Å². The maximum atomic E-state index is 8.47. The molecule has 0 amide bonds. The zero-order chi connectivity index (χ0) is 27.6. The van der Waals surface area contributed by atoms with Gasteiger partial charge in [-0.3, -0.25) is 0 Å². The summed E-state index contributed by atoms with van der Waals surface area (Å²) in [4.78, 5) is 0. The van der Waals surface area contributed by atoms with Gasteiger partial charge < -0.3 is 0 Å². The van der Waals surface area contributed by atoms with Crippen LogP contribution >= 0.6 is 0 Å². The second-order valence-electron chi connectivity index (χ2n) is 6.99. The Balaban J connectivity index is -0.000000383. The van der Waals surface area contributed by atoms with Crippen molar-refractivity contribution in [3.05, 3.63) is 118 Å². The molecule has 0 saturated carbocycles. The van der Waals surface area contributed by atoms with Gasteiger partial charge in [-0.2, -0.15) is 15.8 Å². The van der Waals surface area contributed by atoms with Crippen LogP contribution in [-0.4, -0.2) is 0 Å². The molecule has 0 radical (unpaired) electrons. The number of aryl methyl sites for hydroxylation is 3. The second-order valence-corrected chi connectivity index (χ2v) is 6.99. The average molecular weight is 468 g/mol.